The molecule has 2 saturated carbocycles. The smallest absolute Gasteiger partial charge is 0.313 e. The van der Waals surface area contributed by atoms with Crippen LogP contribution in [0.2, 0.25) is 0 Å². The second-order valence-corrected chi connectivity index (χ2v) is 8.24. The molecule has 0 aromatic heterocycles. The molecule has 2 fully saturated rings. The summed E-state index contributed by atoms with van der Waals surface area (Å²) in [6.45, 7) is -4.17. The molecule has 0 saturated heterocycles. The molecule has 2 aliphatic carbocycles. The Labute approximate surface area is 122 Å². The van der Waals surface area contributed by atoms with Gasteiger partial charge in [-0.2, -0.15) is 0 Å². The van der Waals surface area contributed by atoms with Gasteiger partial charge in [-0.1, -0.05) is 77.0 Å². The maximum Gasteiger partial charge on any atom is 0.419 e. The van der Waals surface area contributed by atoms with E-state index in [0.717, 1.165) is 11.8 Å². The highest BCUT2D eigenvalue weighted by molar-refractivity contribution is 7.79. The van der Waals surface area contributed by atoms with Crippen molar-refractivity contribution in [3.05, 3.63) is 0 Å². The Morgan fingerprint density at radius 2 is 0.895 bits per heavy atom. The SMILES string of the molecule is C1CCCC(C2CCCCCC2)CC1.O=P(O)(O)Cl. The summed E-state index contributed by atoms with van der Waals surface area (Å²) in [7, 11) is 0. The molecule has 0 radical (unpaired) electrons. The molecule has 0 spiro atoms. The molecule has 0 unspecified atom stereocenters. The Bertz CT molecular complexity index is 238. The lowest BCUT2D eigenvalue weighted by Crippen LogP contribution is -2.13. The molecule has 0 aromatic carbocycles. The molecule has 0 atom stereocenters. The van der Waals surface area contributed by atoms with Gasteiger partial charge in [0.1, 0.15) is 0 Å². The minimum atomic E-state index is -4.17. The van der Waals surface area contributed by atoms with Gasteiger partial charge in [-0.3, -0.25) is 0 Å². The Morgan fingerprint density at radius 1 is 0.684 bits per heavy atom. The summed E-state index contributed by atoms with van der Waals surface area (Å²) in [6.07, 6.45) is 18.4. The minimum Gasteiger partial charge on any atom is -0.313 e. The van der Waals surface area contributed by atoms with E-state index in [-0.39, 0.29) is 0 Å². The van der Waals surface area contributed by atoms with E-state index in [1.807, 2.05) is 0 Å². The van der Waals surface area contributed by atoms with Crippen molar-refractivity contribution in [2.75, 3.05) is 0 Å². The molecule has 5 heteroatoms. The standard InChI is InChI=1S/C14H26.ClH2O3P/c1-2-6-10-13(9-5-1)14-11-7-3-4-8-12-14;1-5(2,3)4/h13-14H,1-12H2;(H2,2,3,4). The van der Waals surface area contributed by atoms with Gasteiger partial charge < -0.3 is 9.79 Å². The normalized spacial score (nSPS) is 23.9. The first kappa shape index (κ1) is 17.5. The summed E-state index contributed by atoms with van der Waals surface area (Å²) in [5.41, 5.74) is 0. The second-order valence-electron chi connectivity index (χ2n) is 5.98. The van der Waals surface area contributed by atoms with Gasteiger partial charge >= 0.3 is 6.95 Å². The topological polar surface area (TPSA) is 57.5 Å². The van der Waals surface area contributed by atoms with Gasteiger partial charge in [0.15, 0.2) is 0 Å². The predicted molar refractivity (Wildman–Crippen MR) is 80.3 cm³/mol. The summed E-state index contributed by atoms with van der Waals surface area (Å²) in [5, 5.41) is 0. The molecule has 2 aliphatic rings. The van der Waals surface area contributed by atoms with Gasteiger partial charge in [-0.05, 0) is 11.8 Å². The van der Waals surface area contributed by atoms with E-state index in [0.29, 0.717) is 0 Å². The van der Waals surface area contributed by atoms with Crippen LogP contribution in [0.4, 0.5) is 0 Å². The van der Waals surface area contributed by atoms with Crippen LogP contribution in [0.25, 0.3) is 0 Å². The summed E-state index contributed by atoms with van der Waals surface area (Å²) in [6, 6.07) is 0. The van der Waals surface area contributed by atoms with Crippen LogP contribution in [0, 0.1) is 11.8 Å². The van der Waals surface area contributed by atoms with Gasteiger partial charge in [0.05, 0.1) is 0 Å². The van der Waals surface area contributed by atoms with E-state index in [1.165, 1.54) is 51.4 Å². The van der Waals surface area contributed by atoms with Crippen molar-refractivity contribution >= 4 is 18.2 Å². The zero-order valence-corrected chi connectivity index (χ0v) is 13.4. The lowest BCUT2D eigenvalue weighted by Gasteiger charge is -2.24. The fourth-order valence-corrected chi connectivity index (χ4v) is 3.56. The van der Waals surface area contributed by atoms with Crippen molar-refractivity contribution in [1.29, 1.82) is 0 Å². The maximum atomic E-state index is 9.09. The van der Waals surface area contributed by atoms with Crippen LogP contribution in [0.5, 0.6) is 0 Å². The minimum absolute atomic E-state index is 1.12. The van der Waals surface area contributed by atoms with Crippen molar-refractivity contribution in [3.63, 3.8) is 0 Å². The number of rotatable bonds is 1. The molecular formula is C14H28ClO3P. The monoisotopic (exact) mass is 310 g/mol. The molecule has 3 nitrogen and oxygen atoms in total. The van der Waals surface area contributed by atoms with Crippen molar-refractivity contribution in [2.45, 2.75) is 77.0 Å². The fourth-order valence-electron chi connectivity index (χ4n) is 3.56. The van der Waals surface area contributed by atoms with Crippen molar-refractivity contribution in [2.24, 2.45) is 11.8 Å². The highest BCUT2D eigenvalue weighted by Gasteiger charge is 2.23. The van der Waals surface area contributed by atoms with Crippen LogP contribution in [0.3, 0.4) is 0 Å². The van der Waals surface area contributed by atoms with Crippen LogP contribution in [0.1, 0.15) is 77.0 Å². The van der Waals surface area contributed by atoms with Crippen molar-refractivity contribution in [1.82, 2.24) is 0 Å². The van der Waals surface area contributed by atoms with Gasteiger partial charge in [-0.15, -0.1) is 0 Å². The summed E-state index contributed by atoms with van der Waals surface area (Å²) in [4.78, 5) is 14.8. The molecule has 0 bridgehead atoms. The first-order valence-corrected chi connectivity index (χ1v) is 10.2. The molecule has 0 aromatic rings. The molecule has 2 rings (SSSR count). The molecule has 2 N–H and O–H groups in total. The predicted octanol–water partition coefficient (Wildman–Crippen LogP) is 5.25. The average molecular weight is 311 g/mol. The number of hydrogen-bond donors (Lipinski definition) is 2. The Morgan fingerprint density at radius 3 is 1.11 bits per heavy atom. The zero-order valence-electron chi connectivity index (χ0n) is 11.8. The van der Waals surface area contributed by atoms with Crippen LogP contribution < -0.4 is 0 Å². The lowest BCUT2D eigenvalue weighted by molar-refractivity contribution is 0.269. The van der Waals surface area contributed by atoms with Gasteiger partial charge in [0, 0.05) is 11.2 Å². The summed E-state index contributed by atoms with van der Waals surface area (Å²) in [5.74, 6) is 2.24. The molecular weight excluding hydrogens is 283 g/mol. The third kappa shape index (κ3) is 9.90. The van der Waals surface area contributed by atoms with E-state index < -0.39 is 6.95 Å². The van der Waals surface area contributed by atoms with Crippen molar-refractivity contribution < 1.29 is 14.4 Å². The van der Waals surface area contributed by atoms with E-state index in [9.17, 15) is 0 Å². The number of halogens is 1. The zero-order chi connectivity index (χ0) is 14.1. The second kappa shape index (κ2) is 9.39. The summed E-state index contributed by atoms with van der Waals surface area (Å²) >= 11 is 4.20. The molecule has 0 amide bonds. The molecule has 0 heterocycles. The molecule has 114 valence electrons. The lowest BCUT2D eigenvalue weighted by atomic mass is 9.81. The molecule has 19 heavy (non-hydrogen) atoms. The van der Waals surface area contributed by atoms with Gasteiger partial charge in [0.2, 0.25) is 0 Å². The highest BCUT2D eigenvalue weighted by Crippen LogP contribution is 2.40. The first-order chi connectivity index (χ1) is 8.97. The van der Waals surface area contributed by atoms with Gasteiger partial charge in [0.25, 0.3) is 0 Å². The number of hydrogen-bond acceptors (Lipinski definition) is 1. The van der Waals surface area contributed by atoms with Crippen LogP contribution >= 0.6 is 18.2 Å². The van der Waals surface area contributed by atoms with Crippen molar-refractivity contribution in [3.8, 4) is 0 Å². The molecule has 0 aliphatic heterocycles. The largest absolute Gasteiger partial charge is 0.419 e. The quantitative estimate of drug-likeness (QED) is 0.514. The summed E-state index contributed by atoms with van der Waals surface area (Å²) < 4.78 is 9.09. The Balaban J connectivity index is 0.000000312. The van der Waals surface area contributed by atoms with Crippen LogP contribution in [-0.4, -0.2) is 9.79 Å². The maximum absolute atomic E-state index is 9.09. The van der Waals surface area contributed by atoms with Crippen LogP contribution in [0.15, 0.2) is 0 Å². The third-order valence-electron chi connectivity index (χ3n) is 4.47. The third-order valence-corrected chi connectivity index (χ3v) is 4.47. The average Bonchev–Trinajstić information content (AvgIpc) is 2.71. The first-order valence-electron chi connectivity index (χ1n) is 7.72. The van der Waals surface area contributed by atoms with E-state index in [2.05, 4.69) is 11.2 Å². The van der Waals surface area contributed by atoms with E-state index in [4.69, 9.17) is 14.4 Å². The Kier molecular flexibility index (Phi) is 8.64. The van der Waals surface area contributed by atoms with Crippen LogP contribution in [-0.2, 0) is 4.57 Å². The van der Waals surface area contributed by atoms with E-state index >= 15 is 0 Å². The fraction of sp³-hybridized carbons (Fsp3) is 1.00. The van der Waals surface area contributed by atoms with Gasteiger partial charge in [-0.25, -0.2) is 4.57 Å². The Hall–Kier alpha value is 0.440. The highest BCUT2D eigenvalue weighted by atomic mass is 35.7. The van der Waals surface area contributed by atoms with E-state index in [1.54, 1.807) is 25.7 Å².